The molecule has 0 radical (unpaired) electrons. The van der Waals surface area contributed by atoms with Crippen LogP contribution in [0.3, 0.4) is 0 Å². The maximum absolute atomic E-state index is 14.4. The molecule has 0 aliphatic rings. The molecule has 45 heavy (non-hydrogen) atoms. The van der Waals surface area contributed by atoms with Crippen LogP contribution in [0.25, 0.3) is 0 Å². The number of carbonyl (C=O) groups is 2. The van der Waals surface area contributed by atoms with E-state index in [0.717, 1.165) is 4.31 Å². The molecule has 0 saturated heterocycles. The molecule has 0 saturated carbocycles. The number of carbonyl (C=O) groups excluding carboxylic acids is 2. The van der Waals surface area contributed by atoms with Crippen molar-refractivity contribution in [2.75, 3.05) is 39.3 Å². The Labute approximate surface area is 270 Å². The van der Waals surface area contributed by atoms with Crippen LogP contribution >= 0.6 is 11.6 Å². The van der Waals surface area contributed by atoms with Crippen molar-refractivity contribution >= 4 is 39.1 Å². The molecule has 3 aromatic carbocycles. The number of nitrogens with one attached hydrogen (secondary N) is 1. The van der Waals surface area contributed by atoms with Gasteiger partial charge in [0.25, 0.3) is 10.0 Å². The third-order valence-electron chi connectivity index (χ3n) is 6.84. The van der Waals surface area contributed by atoms with Gasteiger partial charge in [-0.2, -0.15) is 0 Å². The number of hydrogen-bond donors (Lipinski definition) is 1. The zero-order chi connectivity index (χ0) is 33.5. The van der Waals surface area contributed by atoms with Crippen LogP contribution in [0.1, 0.15) is 33.3 Å². The molecule has 0 bridgehead atoms. The molecule has 0 aliphatic carbocycles. The first kappa shape index (κ1) is 35.3. The molecule has 0 heterocycles. The van der Waals surface area contributed by atoms with E-state index in [1.807, 2.05) is 20.8 Å². The third kappa shape index (κ3) is 8.52. The number of anilines is 1. The standard InChI is InChI=1S/C32H40ClN3O8S/c1-21(31(38)34-32(2,3)4)35(19-22-11-9-10-12-25(22)33)30(37)20-36(26-17-23(41-5)13-15-27(26)42-6)45(39,40)24-14-16-28(43-7)29(18-24)44-8/h9-18,21H,19-20H2,1-8H3,(H,34,38)/t21-/m0/s1. The van der Waals surface area contributed by atoms with E-state index in [1.54, 1.807) is 37.3 Å². The number of sulfonamides is 1. The van der Waals surface area contributed by atoms with Crippen LogP contribution in [-0.4, -0.2) is 71.7 Å². The number of rotatable bonds is 13. The van der Waals surface area contributed by atoms with Gasteiger partial charge >= 0.3 is 0 Å². The lowest BCUT2D eigenvalue weighted by Crippen LogP contribution is -2.54. The molecule has 244 valence electrons. The van der Waals surface area contributed by atoms with Crippen molar-refractivity contribution in [2.45, 2.75) is 50.7 Å². The summed E-state index contributed by atoms with van der Waals surface area (Å²) < 4.78 is 51.2. The van der Waals surface area contributed by atoms with Crippen molar-refractivity contribution in [1.29, 1.82) is 0 Å². The molecule has 3 aromatic rings. The Morgan fingerprint density at radius 3 is 2.07 bits per heavy atom. The summed E-state index contributed by atoms with van der Waals surface area (Å²) in [4.78, 5) is 28.8. The summed E-state index contributed by atoms with van der Waals surface area (Å²) >= 11 is 6.45. The summed E-state index contributed by atoms with van der Waals surface area (Å²) in [7, 11) is 1.17. The summed E-state index contributed by atoms with van der Waals surface area (Å²) in [5.41, 5.74) is 0.0435. The van der Waals surface area contributed by atoms with Crippen LogP contribution < -0.4 is 28.6 Å². The van der Waals surface area contributed by atoms with E-state index in [-0.39, 0.29) is 28.6 Å². The zero-order valence-corrected chi connectivity index (χ0v) is 28.3. The van der Waals surface area contributed by atoms with Crippen molar-refractivity contribution in [1.82, 2.24) is 10.2 Å². The zero-order valence-electron chi connectivity index (χ0n) is 26.7. The van der Waals surface area contributed by atoms with Crippen LogP contribution in [0.5, 0.6) is 23.0 Å². The maximum atomic E-state index is 14.4. The van der Waals surface area contributed by atoms with Crippen molar-refractivity contribution in [3.63, 3.8) is 0 Å². The highest BCUT2D eigenvalue weighted by atomic mass is 35.5. The highest BCUT2D eigenvalue weighted by Crippen LogP contribution is 2.38. The van der Waals surface area contributed by atoms with Crippen molar-refractivity contribution in [3.05, 3.63) is 71.2 Å². The Kier molecular flexibility index (Phi) is 11.6. The monoisotopic (exact) mass is 661 g/mol. The molecular formula is C32H40ClN3O8S. The smallest absolute Gasteiger partial charge is 0.265 e. The molecule has 0 aromatic heterocycles. The SMILES string of the molecule is COc1ccc(OC)c(N(CC(=O)N(Cc2ccccc2Cl)[C@@H](C)C(=O)NC(C)(C)C)S(=O)(=O)c2ccc(OC)c(OC)c2)c1. The van der Waals surface area contributed by atoms with Crippen molar-refractivity contribution in [3.8, 4) is 23.0 Å². The second-order valence-corrected chi connectivity index (χ2v) is 13.4. The van der Waals surface area contributed by atoms with Crippen LogP contribution in [0, 0.1) is 0 Å². The predicted octanol–water partition coefficient (Wildman–Crippen LogP) is 4.90. The molecule has 0 aliphatic heterocycles. The lowest BCUT2D eigenvalue weighted by molar-refractivity contribution is -0.140. The molecule has 0 unspecified atom stereocenters. The number of hydrogen-bond acceptors (Lipinski definition) is 8. The largest absolute Gasteiger partial charge is 0.497 e. The summed E-state index contributed by atoms with van der Waals surface area (Å²) in [6.07, 6.45) is 0. The Morgan fingerprint density at radius 2 is 1.49 bits per heavy atom. The van der Waals surface area contributed by atoms with Gasteiger partial charge in [-0.25, -0.2) is 8.42 Å². The summed E-state index contributed by atoms with van der Waals surface area (Å²) in [6, 6.07) is 14.6. The fourth-order valence-electron chi connectivity index (χ4n) is 4.48. The molecule has 13 heteroatoms. The van der Waals surface area contributed by atoms with E-state index in [9.17, 15) is 18.0 Å². The van der Waals surface area contributed by atoms with Crippen LogP contribution in [0.4, 0.5) is 5.69 Å². The van der Waals surface area contributed by atoms with Gasteiger partial charge in [0.1, 0.15) is 24.1 Å². The van der Waals surface area contributed by atoms with E-state index in [4.69, 9.17) is 30.5 Å². The molecule has 3 rings (SSSR count). The van der Waals surface area contributed by atoms with E-state index in [2.05, 4.69) is 5.32 Å². The summed E-state index contributed by atoms with van der Waals surface area (Å²) in [6.45, 7) is 6.29. The van der Waals surface area contributed by atoms with Crippen LogP contribution in [-0.2, 0) is 26.2 Å². The molecule has 1 atom stereocenters. The lowest BCUT2D eigenvalue weighted by Gasteiger charge is -2.34. The minimum absolute atomic E-state index is 0.0458. The van der Waals surface area contributed by atoms with E-state index < -0.39 is 40.0 Å². The van der Waals surface area contributed by atoms with Crippen LogP contribution in [0.2, 0.25) is 5.02 Å². The number of halogens is 1. The highest BCUT2D eigenvalue weighted by Gasteiger charge is 2.35. The van der Waals surface area contributed by atoms with Gasteiger partial charge in [0, 0.05) is 29.2 Å². The maximum Gasteiger partial charge on any atom is 0.265 e. The fourth-order valence-corrected chi connectivity index (χ4v) is 6.10. The first-order valence-electron chi connectivity index (χ1n) is 14.0. The molecule has 1 N–H and O–H groups in total. The summed E-state index contributed by atoms with van der Waals surface area (Å²) in [5, 5.41) is 3.28. The van der Waals surface area contributed by atoms with Crippen molar-refractivity contribution in [2.24, 2.45) is 0 Å². The topological polar surface area (TPSA) is 124 Å². The molecule has 0 fully saturated rings. The Morgan fingerprint density at radius 1 is 0.867 bits per heavy atom. The Hall–Kier alpha value is -4.16. The van der Waals surface area contributed by atoms with Gasteiger partial charge in [0.2, 0.25) is 11.8 Å². The number of benzene rings is 3. The van der Waals surface area contributed by atoms with Crippen molar-refractivity contribution < 1.29 is 37.0 Å². The van der Waals surface area contributed by atoms with E-state index >= 15 is 0 Å². The summed E-state index contributed by atoms with van der Waals surface area (Å²) in [5.74, 6) is -0.0880. The van der Waals surface area contributed by atoms with Gasteiger partial charge in [-0.05, 0) is 63.6 Å². The van der Waals surface area contributed by atoms with Gasteiger partial charge in [-0.3, -0.25) is 13.9 Å². The van der Waals surface area contributed by atoms with Gasteiger partial charge < -0.3 is 29.2 Å². The second-order valence-electron chi connectivity index (χ2n) is 11.1. The van der Waals surface area contributed by atoms with Crippen LogP contribution in [0.15, 0.2) is 65.6 Å². The molecule has 2 amide bonds. The highest BCUT2D eigenvalue weighted by molar-refractivity contribution is 7.92. The van der Waals surface area contributed by atoms with Gasteiger partial charge in [0.05, 0.1) is 39.0 Å². The Balaban J connectivity index is 2.19. The first-order chi connectivity index (χ1) is 21.2. The third-order valence-corrected chi connectivity index (χ3v) is 8.97. The fraction of sp³-hybridized carbons (Fsp3) is 0.375. The van der Waals surface area contributed by atoms with Gasteiger partial charge in [-0.1, -0.05) is 29.8 Å². The minimum Gasteiger partial charge on any atom is -0.497 e. The van der Waals surface area contributed by atoms with Gasteiger partial charge in [0.15, 0.2) is 11.5 Å². The number of methoxy groups -OCH3 is 4. The average molecular weight is 662 g/mol. The van der Waals surface area contributed by atoms with Gasteiger partial charge in [-0.15, -0.1) is 0 Å². The molecular weight excluding hydrogens is 622 g/mol. The average Bonchev–Trinajstić information content (AvgIpc) is 3.01. The number of nitrogens with zero attached hydrogens (tertiary/aromatic N) is 2. The lowest BCUT2D eigenvalue weighted by atomic mass is 10.1. The minimum atomic E-state index is -4.47. The predicted molar refractivity (Wildman–Crippen MR) is 173 cm³/mol. The quantitative estimate of drug-likeness (QED) is 0.274. The number of ether oxygens (including phenoxy) is 4. The number of amides is 2. The Bertz CT molecular complexity index is 1620. The normalized spacial score (nSPS) is 12.1. The first-order valence-corrected chi connectivity index (χ1v) is 15.8. The van der Waals surface area contributed by atoms with E-state index in [0.29, 0.717) is 22.1 Å². The second kappa shape index (κ2) is 14.7. The van der Waals surface area contributed by atoms with E-state index in [1.165, 1.54) is 63.7 Å². The molecule has 11 nitrogen and oxygen atoms in total. The molecule has 0 spiro atoms.